The van der Waals surface area contributed by atoms with Crippen LogP contribution in [-0.2, 0) is 25.0 Å². The monoisotopic (exact) mass is 570 g/mol. The lowest BCUT2D eigenvalue weighted by Crippen LogP contribution is -2.30. The second-order valence-corrected chi connectivity index (χ2v) is 10.4. The number of aliphatic hydroxyl groups excluding tert-OH is 1. The first-order valence-corrected chi connectivity index (χ1v) is 13.8. The van der Waals surface area contributed by atoms with E-state index < -0.39 is 32.9 Å². The molecular weight excluding hydrogens is 543 g/mol. The van der Waals surface area contributed by atoms with Crippen LogP contribution in [0.3, 0.4) is 0 Å². The molecule has 40 heavy (non-hydrogen) atoms. The normalized spacial score (nSPS) is 19.1. The van der Waals surface area contributed by atoms with Crippen LogP contribution in [0.1, 0.15) is 23.8 Å². The first kappa shape index (κ1) is 27.7. The van der Waals surface area contributed by atoms with Crippen LogP contribution in [0.5, 0.6) is 0 Å². The van der Waals surface area contributed by atoms with Crippen LogP contribution >= 0.6 is 7.82 Å². The van der Waals surface area contributed by atoms with Crippen LogP contribution in [0.25, 0.3) is 22.6 Å². The van der Waals surface area contributed by atoms with E-state index in [2.05, 4.69) is 40.1 Å². The maximum Gasteiger partial charge on any atom is 0.469 e. The fourth-order valence-electron chi connectivity index (χ4n) is 4.23. The van der Waals surface area contributed by atoms with Crippen LogP contribution in [0.4, 0.5) is 5.82 Å². The summed E-state index contributed by atoms with van der Waals surface area (Å²) in [5.41, 5.74) is 4.15. The van der Waals surface area contributed by atoms with Gasteiger partial charge in [0.1, 0.15) is 18.7 Å². The predicted octanol–water partition coefficient (Wildman–Crippen LogP) is 1.08. The summed E-state index contributed by atoms with van der Waals surface area (Å²) in [4.78, 5) is 51.8. The molecular formula is C24H27N8O7P. The van der Waals surface area contributed by atoms with Crippen molar-refractivity contribution in [2.24, 2.45) is 0 Å². The van der Waals surface area contributed by atoms with Gasteiger partial charge in [-0.05, 0) is 36.2 Å². The van der Waals surface area contributed by atoms with Gasteiger partial charge in [-0.3, -0.25) is 23.9 Å². The van der Waals surface area contributed by atoms with Gasteiger partial charge >= 0.3 is 7.82 Å². The number of pyridine rings is 2. The molecule has 1 saturated heterocycles. The van der Waals surface area contributed by atoms with Gasteiger partial charge in [0.2, 0.25) is 5.91 Å². The molecule has 0 spiro atoms. The van der Waals surface area contributed by atoms with Gasteiger partial charge in [0.15, 0.2) is 17.0 Å². The highest BCUT2D eigenvalue weighted by Crippen LogP contribution is 2.38. The number of carbonyl (C=O) groups excluding carboxylic acids is 1. The Bertz CT molecular complexity index is 1540. The molecule has 0 aromatic carbocycles. The first-order valence-electron chi connectivity index (χ1n) is 12.3. The van der Waals surface area contributed by atoms with Crippen molar-refractivity contribution in [3.05, 3.63) is 60.4 Å². The number of imidazole rings is 1. The average molecular weight is 571 g/mol. The number of phosphoric acid groups is 1. The molecule has 0 radical (unpaired) electrons. The van der Waals surface area contributed by atoms with Crippen molar-refractivity contribution in [1.29, 1.82) is 0 Å². The van der Waals surface area contributed by atoms with E-state index in [0.29, 0.717) is 17.0 Å². The summed E-state index contributed by atoms with van der Waals surface area (Å²) in [5, 5.41) is 16.0. The highest BCUT2D eigenvalue weighted by molar-refractivity contribution is 7.46. The summed E-state index contributed by atoms with van der Waals surface area (Å²) < 4.78 is 22.8. The maximum atomic E-state index is 12.5. The Labute approximate surface area is 227 Å². The van der Waals surface area contributed by atoms with Gasteiger partial charge in [0.25, 0.3) is 0 Å². The number of nitrogens with zero attached hydrogens (tertiary/aromatic N) is 6. The molecule has 3 atom stereocenters. The summed E-state index contributed by atoms with van der Waals surface area (Å²) in [6.45, 7) is 1.59. The average Bonchev–Trinajstić information content (AvgIpc) is 3.51. The maximum absolute atomic E-state index is 12.5. The van der Waals surface area contributed by atoms with E-state index in [1.165, 1.54) is 12.7 Å². The molecule has 0 unspecified atom stereocenters. The zero-order valence-corrected chi connectivity index (χ0v) is 22.2. The summed E-state index contributed by atoms with van der Waals surface area (Å²) in [6.07, 6.45) is 3.82. The molecule has 0 bridgehead atoms. The van der Waals surface area contributed by atoms with Crippen molar-refractivity contribution in [2.75, 3.05) is 18.6 Å². The number of hydrogen-bond acceptors (Lipinski definition) is 11. The molecule has 5 N–H and O–H groups in total. The second kappa shape index (κ2) is 11.7. The van der Waals surface area contributed by atoms with E-state index in [1.54, 1.807) is 17.0 Å². The standard InChI is InChI=1S/C24H27N8O7P/c1-14-4-5-25-17(6-14)16-3-2-15(9-26-16)7-20(34)27-11-28-23-22-24(30-12-29-23)32(13-31-22)21-8-18(33)19(39-21)10-38-40(35,36)37/h2-6,9,12-13,18-19,21,33H,7-8,10-11H2,1H3,(H,27,34)(H,28,29,30)(H2,35,36,37)/t18-,19+,21+/m0/s1. The van der Waals surface area contributed by atoms with Gasteiger partial charge in [0, 0.05) is 18.8 Å². The number of fused-ring (bicyclic) bond motifs is 1. The Morgan fingerprint density at radius 1 is 1.18 bits per heavy atom. The van der Waals surface area contributed by atoms with Gasteiger partial charge < -0.3 is 30.3 Å². The second-order valence-electron chi connectivity index (χ2n) is 9.17. The van der Waals surface area contributed by atoms with Crippen molar-refractivity contribution in [1.82, 2.24) is 34.8 Å². The number of nitrogens with one attached hydrogen (secondary N) is 2. The van der Waals surface area contributed by atoms with Gasteiger partial charge in [-0.25, -0.2) is 19.5 Å². The molecule has 1 aliphatic heterocycles. The minimum atomic E-state index is -4.70. The molecule has 4 aromatic rings. The summed E-state index contributed by atoms with van der Waals surface area (Å²) in [5.74, 6) is 0.157. The quantitative estimate of drug-likeness (QED) is 0.134. The van der Waals surface area contributed by atoms with Crippen molar-refractivity contribution >= 4 is 30.7 Å². The molecule has 1 fully saturated rings. The van der Waals surface area contributed by atoms with Crippen LogP contribution in [0.15, 0.2) is 49.3 Å². The molecule has 15 nitrogen and oxygen atoms in total. The molecule has 16 heteroatoms. The molecule has 0 saturated carbocycles. The smallest absolute Gasteiger partial charge is 0.390 e. The lowest BCUT2D eigenvalue weighted by molar-refractivity contribution is -0.120. The van der Waals surface area contributed by atoms with Gasteiger partial charge in [0.05, 0.1) is 43.5 Å². The third-order valence-electron chi connectivity index (χ3n) is 6.19. The minimum absolute atomic E-state index is 0.0803. The largest absolute Gasteiger partial charge is 0.469 e. The fourth-order valence-corrected chi connectivity index (χ4v) is 4.57. The summed E-state index contributed by atoms with van der Waals surface area (Å²) >= 11 is 0. The number of aryl methyl sites for hydroxylation is 1. The number of amides is 1. The van der Waals surface area contributed by atoms with Crippen LogP contribution < -0.4 is 10.6 Å². The van der Waals surface area contributed by atoms with Gasteiger partial charge in [-0.2, -0.15) is 0 Å². The number of anilines is 1. The Morgan fingerprint density at radius 2 is 2.02 bits per heavy atom. The Kier molecular flexibility index (Phi) is 8.12. The highest BCUT2D eigenvalue weighted by Gasteiger charge is 2.37. The van der Waals surface area contributed by atoms with Gasteiger partial charge in [-0.15, -0.1) is 0 Å². The molecule has 4 aromatic heterocycles. The van der Waals surface area contributed by atoms with E-state index in [0.717, 1.165) is 22.5 Å². The fraction of sp³-hybridized carbons (Fsp3) is 0.333. The summed E-state index contributed by atoms with van der Waals surface area (Å²) in [6, 6.07) is 7.52. The minimum Gasteiger partial charge on any atom is -0.390 e. The molecule has 1 aliphatic rings. The lowest BCUT2D eigenvalue weighted by Gasteiger charge is -2.16. The van der Waals surface area contributed by atoms with E-state index >= 15 is 0 Å². The van der Waals surface area contributed by atoms with Crippen LogP contribution in [0.2, 0.25) is 0 Å². The van der Waals surface area contributed by atoms with Crippen LogP contribution in [-0.4, -0.2) is 75.8 Å². The number of carbonyl (C=O) groups is 1. The van der Waals surface area contributed by atoms with E-state index in [1.807, 2.05) is 31.2 Å². The summed E-state index contributed by atoms with van der Waals surface area (Å²) in [7, 11) is -4.70. The number of aromatic nitrogens is 6. The van der Waals surface area contributed by atoms with Gasteiger partial charge in [-0.1, -0.05) is 6.07 Å². The van der Waals surface area contributed by atoms with Crippen molar-refractivity contribution in [3.63, 3.8) is 0 Å². The molecule has 1 amide bonds. The lowest BCUT2D eigenvalue weighted by atomic mass is 10.1. The highest BCUT2D eigenvalue weighted by atomic mass is 31.2. The topological polar surface area (TPSA) is 207 Å². The van der Waals surface area contributed by atoms with Crippen molar-refractivity contribution < 1.29 is 33.5 Å². The van der Waals surface area contributed by atoms with E-state index in [-0.39, 0.29) is 25.4 Å². The van der Waals surface area contributed by atoms with Crippen LogP contribution in [0, 0.1) is 6.92 Å². The van der Waals surface area contributed by atoms with E-state index in [9.17, 15) is 14.5 Å². The van der Waals surface area contributed by atoms with Crippen molar-refractivity contribution in [2.45, 2.75) is 38.2 Å². The number of phosphoric ester groups is 1. The Hall–Kier alpha value is -3.85. The number of ether oxygens (including phenoxy) is 1. The number of rotatable bonds is 10. The Balaban J connectivity index is 1.16. The zero-order valence-electron chi connectivity index (χ0n) is 21.3. The van der Waals surface area contributed by atoms with E-state index in [4.69, 9.17) is 14.5 Å². The SMILES string of the molecule is Cc1ccnc(-c2ccc(CC(=O)NCNc3ncnc4c3ncn4[C@H]3C[C@H](O)[C@@H](COP(=O)(O)O)O3)cn2)c1. The third kappa shape index (κ3) is 6.65. The third-order valence-corrected chi connectivity index (χ3v) is 6.67. The number of aliphatic hydroxyl groups is 1. The molecule has 5 rings (SSSR count). The first-order chi connectivity index (χ1) is 19.2. The van der Waals surface area contributed by atoms with Crippen molar-refractivity contribution in [3.8, 4) is 11.4 Å². The molecule has 5 heterocycles. The number of hydrogen-bond donors (Lipinski definition) is 5. The molecule has 210 valence electrons. The Morgan fingerprint density at radius 3 is 2.77 bits per heavy atom. The predicted molar refractivity (Wildman–Crippen MR) is 140 cm³/mol. The zero-order chi connectivity index (χ0) is 28.3. The molecule has 0 aliphatic carbocycles.